The summed E-state index contributed by atoms with van der Waals surface area (Å²) in [6, 6.07) is -3.26. The van der Waals surface area contributed by atoms with Crippen LogP contribution < -0.4 is 27.8 Å². The first-order valence-corrected chi connectivity index (χ1v) is 12.0. The van der Waals surface area contributed by atoms with E-state index in [1.165, 1.54) is 6.92 Å². The van der Waals surface area contributed by atoms with Gasteiger partial charge >= 0.3 is 11.9 Å². The topological polar surface area (TPSA) is 245 Å². The molecule has 0 aliphatic rings. The first-order valence-electron chi connectivity index (χ1n) is 9.48. The molecule has 0 radical (unpaired) electrons. The molecule has 0 saturated carbocycles. The zero-order valence-corrected chi connectivity index (χ0v) is 19.1. The molecule has 0 aromatic heterocycles. The highest BCUT2D eigenvalue weighted by Gasteiger charge is 2.22. The molecule has 0 rings (SSSR count). The molecule has 182 valence electrons. The molecule has 0 fully saturated rings. The average molecular weight is 496 g/mol. The Balaban J connectivity index is 4.46. The van der Waals surface area contributed by atoms with Crippen LogP contribution >= 0.6 is 21.6 Å². The summed E-state index contributed by atoms with van der Waals surface area (Å²) in [5.41, 5.74) is 15.8. The van der Waals surface area contributed by atoms with Crippen LogP contribution in [0.15, 0.2) is 0 Å². The SMILES string of the molecule is C[C@@H](CCC(=O)N[C@@H](CSSC[C@H](NC(=O)CC[C@H](N)C(=O)O)C(N)=O)C(N)=O)C(=O)O. The predicted molar refractivity (Wildman–Crippen MR) is 118 cm³/mol. The van der Waals surface area contributed by atoms with Gasteiger partial charge in [-0.05, 0) is 12.8 Å². The Labute approximate surface area is 192 Å². The third-order valence-electron chi connectivity index (χ3n) is 4.14. The molecule has 0 saturated heterocycles. The summed E-state index contributed by atoms with van der Waals surface area (Å²) in [6.07, 6.45) is -0.298. The van der Waals surface area contributed by atoms with Gasteiger partial charge in [-0.15, -0.1) is 0 Å². The second-order valence-electron chi connectivity index (χ2n) is 6.88. The fourth-order valence-electron chi connectivity index (χ4n) is 2.04. The maximum atomic E-state index is 11.9. The molecule has 15 heteroatoms. The van der Waals surface area contributed by atoms with Crippen LogP contribution in [0.25, 0.3) is 0 Å². The monoisotopic (exact) mass is 495 g/mol. The summed E-state index contributed by atoms with van der Waals surface area (Å²) >= 11 is 0. The van der Waals surface area contributed by atoms with Gasteiger partial charge in [-0.1, -0.05) is 28.5 Å². The zero-order chi connectivity index (χ0) is 24.8. The molecule has 0 bridgehead atoms. The lowest BCUT2D eigenvalue weighted by atomic mass is 10.1. The first kappa shape index (κ1) is 29.5. The van der Waals surface area contributed by atoms with Crippen molar-refractivity contribution in [1.29, 1.82) is 0 Å². The van der Waals surface area contributed by atoms with Crippen LogP contribution in [0, 0.1) is 5.92 Å². The number of carboxylic acids is 2. The minimum Gasteiger partial charge on any atom is -0.481 e. The number of carbonyl (C=O) groups excluding carboxylic acids is 4. The van der Waals surface area contributed by atoms with Gasteiger partial charge in [0.15, 0.2) is 0 Å². The second kappa shape index (κ2) is 15.3. The number of nitrogens with one attached hydrogen (secondary N) is 2. The highest BCUT2D eigenvalue weighted by Crippen LogP contribution is 2.23. The summed E-state index contributed by atoms with van der Waals surface area (Å²) < 4.78 is 0. The van der Waals surface area contributed by atoms with Crippen LogP contribution in [0.1, 0.15) is 32.6 Å². The minimum atomic E-state index is -1.25. The predicted octanol–water partition coefficient (Wildman–Crippen LogP) is -2.00. The highest BCUT2D eigenvalue weighted by molar-refractivity contribution is 8.76. The van der Waals surface area contributed by atoms with Gasteiger partial charge in [0.1, 0.15) is 18.1 Å². The van der Waals surface area contributed by atoms with E-state index in [1.807, 2.05) is 0 Å². The number of aliphatic carboxylic acids is 2. The molecule has 0 aromatic carbocycles. The quantitative estimate of drug-likeness (QED) is 0.0858. The zero-order valence-electron chi connectivity index (χ0n) is 17.4. The van der Waals surface area contributed by atoms with Crippen LogP contribution in [0.2, 0.25) is 0 Å². The van der Waals surface area contributed by atoms with Crippen molar-refractivity contribution in [3.63, 3.8) is 0 Å². The van der Waals surface area contributed by atoms with Crippen LogP contribution in [-0.4, -0.2) is 75.4 Å². The second-order valence-corrected chi connectivity index (χ2v) is 9.43. The van der Waals surface area contributed by atoms with Crippen LogP contribution in [0.5, 0.6) is 0 Å². The summed E-state index contributed by atoms with van der Waals surface area (Å²) in [6.45, 7) is 1.46. The summed E-state index contributed by atoms with van der Waals surface area (Å²) in [5.74, 6) is -5.57. The Kier molecular flexibility index (Phi) is 14.1. The van der Waals surface area contributed by atoms with Crippen molar-refractivity contribution in [2.45, 2.75) is 50.7 Å². The maximum absolute atomic E-state index is 11.9. The van der Waals surface area contributed by atoms with E-state index in [1.54, 1.807) is 0 Å². The Morgan fingerprint density at radius 1 is 0.781 bits per heavy atom. The Bertz CT molecular complexity index is 650. The number of hydrogen-bond donors (Lipinski definition) is 7. The number of amides is 4. The van der Waals surface area contributed by atoms with Crippen molar-refractivity contribution in [3.05, 3.63) is 0 Å². The highest BCUT2D eigenvalue weighted by atomic mass is 33.1. The van der Waals surface area contributed by atoms with Gasteiger partial charge < -0.3 is 38.0 Å². The van der Waals surface area contributed by atoms with E-state index >= 15 is 0 Å². The maximum Gasteiger partial charge on any atom is 0.320 e. The fraction of sp³-hybridized carbons (Fsp3) is 0.647. The molecule has 32 heavy (non-hydrogen) atoms. The van der Waals surface area contributed by atoms with E-state index in [0.29, 0.717) is 0 Å². The van der Waals surface area contributed by atoms with Gasteiger partial charge in [0.2, 0.25) is 23.6 Å². The Morgan fingerprint density at radius 3 is 1.53 bits per heavy atom. The van der Waals surface area contributed by atoms with Gasteiger partial charge in [0.25, 0.3) is 0 Å². The molecule has 0 spiro atoms. The van der Waals surface area contributed by atoms with E-state index in [2.05, 4.69) is 10.6 Å². The van der Waals surface area contributed by atoms with E-state index in [4.69, 9.17) is 27.4 Å². The smallest absolute Gasteiger partial charge is 0.320 e. The summed E-state index contributed by atoms with van der Waals surface area (Å²) in [7, 11) is 2.21. The normalized spacial score (nSPS) is 14.4. The molecule has 4 atom stereocenters. The standard InChI is InChI=1S/C17H29N5O8S2/c1-8(16(27)28)2-4-12(23)21-10(14(19)25)6-31-32-7-11(15(20)26)22-13(24)5-3-9(18)17(29)30/h8-11H,2-7,18H2,1H3,(H2,19,25)(H2,20,26)(H,21,23)(H,22,24)(H,27,28)(H,29,30)/t8-,9-,10-,11-/m0/s1. The van der Waals surface area contributed by atoms with Crippen molar-refractivity contribution < 1.29 is 39.0 Å². The molecule has 0 aliphatic heterocycles. The Hall–Kier alpha value is -2.52. The van der Waals surface area contributed by atoms with E-state index in [0.717, 1.165) is 21.6 Å². The Morgan fingerprint density at radius 2 is 1.19 bits per heavy atom. The van der Waals surface area contributed by atoms with Crippen molar-refractivity contribution in [2.24, 2.45) is 23.1 Å². The molecular formula is C17H29N5O8S2. The van der Waals surface area contributed by atoms with Crippen molar-refractivity contribution in [3.8, 4) is 0 Å². The van der Waals surface area contributed by atoms with E-state index in [9.17, 15) is 28.8 Å². The van der Waals surface area contributed by atoms with Gasteiger partial charge in [-0.2, -0.15) is 0 Å². The van der Waals surface area contributed by atoms with E-state index in [-0.39, 0.29) is 37.2 Å². The summed E-state index contributed by atoms with van der Waals surface area (Å²) in [4.78, 5) is 68.3. The minimum absolute atomic E-state index is 0.0479. The lowest BCUT2D eigenvalue weighted by molar-refractivity contribution is -0.142. The largest absolute Gasteiger partial charge is 0.481 e. The number of rotatable bonds is 17. The fourth-order valence-corrected chi connectivity index (χ4v) is 4.39. The third-order valence-corrected chi connectivity index (χ3v) is 6.56. The first-order chi connectivity index (χ1) is 14.8. The molecule has 0 aliphatic carbocycles. The van der Waals surface area contributed by atoms with Crippen LogP contribution in [0.4, 0.5) is 0 Å². The molecule has 10 N–H and O–H groups in total. The van der Waals surface area contributed by atoms with Crippen molar-refractivity contribution >= 4 is 57.2 Å². The van der Waals surface area contributed by atoms with Gasteiger partial charge in [0.05, 0.1) is 5.92 Å². The summed E-state index contributed by atoms with van der Waals surface area (Å²) in [5, 5.41) is 22.3. The van der Waals surface area contributed by atoms with Gasteiger partial charge in [-0.25, -0.2) is 0 Å². The number of hydrogen-bond acceptors (Lipinski definition) is 9. The van der Waals surface area contributed by atoms with Crippen molar-refractivity contribution in [2.75, 3.05) is 11.5 Å². The van der Waals surface area contributed by atoms with Crippen LogP contribution in [0.3, 0.4) is 0 Å². The molecule has 0 aromatic rings. The molecule has 0 unspecified atom stereocenters. The number of carboxylic acid groups (broad SMARTS) is 2. The lowest BCUT2D eigenvalue weighted by Crippen LogP contribution is -2.47. The number of nitrogens with two attached hydrogens (primary N) is 3. The molecule has 0 heterocycles. The number of primary amides is 2. The van der Waals surface area contributed by atoms with Gasteiger partial charge in [0, 0.05) is 24.3 Å². The molecular weight excluding hydrogens is 466 g/mol. The van der Waals surface area contributed by atoms with Crippen molar-refractivity contribution in [1.82, 2.24) is 10.6 Å². The van der Waals surface area contributed by atoms with Crippen LogP contribution in [-0.2, 0) is 28.8 Å². The van der Waals surface area contributed by atoms with E-state index < -0.39 is 59.6 Å². The number of carbonyl (C=O) groups is 6. The third kappa shape index (κ3) is 13.0. The lowest BCUT2D eigenvalue weighted by Gasteiger charge is -2.17. The molecule has 4 amide bonds. The molecule has 13 nitrogen and oxygen atoms in total. The average Bonchev–Trinajstić information content (AvgIpc) is 2.70. The van der Waals surface area contributed by atoms with Gasteiger partial charge in [-0.3, -0.25) is 28.8 Å².